The van der Waals surface area contributed by atoms with Crippen molar-refractivity contribution >= 4 is 38.8 Å². The molecule has 1 aromatic heterocycles. The number of carboxylic acids is 2. The Bertz CT molecular complexity index is 798. The fourth-order valence-electron chi connectivity index (χ4n) is 3.24. The maximum absolute atomic E-state index is 12.0. The van der Waals surface area contributed by atoms with Gasteiger partial charge in [-0.25, -0.2) is 0 Å². The molecule has 3 rings (SSSR count). The van der Waals surface area contributed by atoms with E-state index in [1.807, 2.05) is 27.7 Å². The fraction of sp³-hybridized carbons (Fsp3) is 0.412. The van der Waals surface area contributed by atoms with Gasteiger partial charge in [-0.1, -0.05) is 15.9 Å². The van der Waals surface area contributed by atoms with E-state index in [9.17, 15) is 14.7 Å². The highest BCUT2D eigenvalue weighted by molar-refractivity contribution is 9.10. The van der Waals surface area contributed by atoms with Gasteiger partial charge in [-0.05, 0) is 18.2 Å². The molecule has 0 unspecified atom stereocenters. The van der Waals surface area contributed by atoms with Gasteiger partial charge in [0.1, 0.15) is 6.04 Å². The van der Waals surface area contributed by atoms with E-state index in [-0.39, 0.29) is 6.42 Å². The zero-order valence-corrected chi connectivity index (χ0v) is 15.1. The molecule has 0 radical (unpaired) electrons. The number of fused-ring (bicyclic) bond motifs is 1. The molecule has 1 atom stereocenters. The molecule has 1 aliphatic rings. The number of ether oxygens (including phenoxy) is 1. The van der Waals surface area contributed by atoms with Gasteiger partial charge in [-0.2, -0.15) is 0 Å². The van der Waals surface area contributed by atoms with Gasteiger partial charge < -0.3 is 19.5 Å². The Morgan fingerprint density at radius 2 is 1.96 bits per heavy atom. The van der Waals surface area contributed by atoms with E-state index in [1.54, 1.807) is 6.20 Å². The van der Waals surface area contributed by atoms with Crippen molar-refractivity contribution in [1.82, 2.24) is 9.47 Å². The minimum Gasteiger partial charge on any atom is -0.481 e. The van der Waals surface area contributed by atoms with E-state index < -0.39 is 18.0 Å². The third-order valence-corrected chi connectivity index (χ3v) is 4.87. The predicted molar refractivity (Wildman–Crippen MR) is 94.7 cm³/mol. The van der Waals surface area contributed by atoms with Crippen molar-refractivity contribution in [2.75, 3.05) is 26.3 Å². The summed E-state index contributed by atoms with van der Waals surface area (Å²) in [7, 11) is 0. The van der Waals surface area contributed by atoms with E-state index in [4.69, 9.17) is 9.84 Å². The lowest BCUT2D eigenvalue weighted by molar-refractivity contribution is -0.145. The fourth-order valence-corrected chi connectivity index (χ4v) is 3.60. The number of rotatable bonds is 6. The lowest BCUT2D eigenvalue weighted by Crippen LogP contribution is -2.42. The number of halogens is 1. The predicted octanol–water partition coefficient (Wildman–Crippen LogP) is 2.34. The maximum Gasteiger partial charge on any atom is 0.325 e. The van der Waals surface area contributed by atoms with Crippen LogP contribution in [0.4, 0.5) is 0 Å². The normalized spacial score (nSPS) is 16.8. The van der Waals surface area contributed by atoms with E-state index in [0.717, 1.165) is 15.4 Å². The monoisotopic (exact) mass is 410 g/mol. The van der Waals surface area contributed by atoms with Crippen LogP contribution in [0.25, 0.3) is 10.9 Å². The van der Waals surface area contributed by atoms with Gasteiger partial charge in [0, 0.05) is 46.8 Å². The number of carboxylic acid groups (broad SMARTS) is 2. The van der Waals surface area contributed by atoms with Gasteiger partial charge >= 0.3 is 11.9 Å². The molecule has 0 spiro atoms. The highest BCUT2D eigenvalue weighted by Gasteiger charge is 2.31. The quantitative estimate of drug-likeness (QED) is 0.758. The van der Waals surface area contributed by atoms with Gasteiger partial charge in [-0.15, -0.1) is 0 Å². The van der Waals surface area contributed by atoms with E-state index in [2.05, 4.69) is 15.9 Å². The van der Waals surface area contributed by atoms with Gasteiger partial charge in [0.15, 0.2) is 0 Å². The molecule has 1 fully saturated rings. The zero-order valence-electron chi connectivity index (χ0n) is 13.5. The molecule has 8 heteroatoms. The molecule has 134 valence electrons. The molecule has 1 aliphatic heterocycles. The van der Waals surface area contributed by atoms with Crippen molar-refractivity contribution in [2.24, 2.45) is 0 Å². The number of nitrogens with zero attached hydrogens (tertiary/aromatic N) is 2. The van der Waals surface area contributed by atoms with Gasteiger partial charge in [0.25, 0.3) is 0 Å². The summed E-state index contributed by atoms with van der Waals surface area (Å²) in [5, 5.41) is 19.6. The van der Waals surface area contributed by atoms with Crippen LogP contribution in [0.1, 0.15) is 18.0 Å². The molecule has 0 amide bonds. The van der Waals surface area contributed by atoms with Crippen LogP contribution in [0, 0.1) is 0 Å². The summed E-state index contributed by atoms with van der Waals surface area (Å²) < 4.78 is 8.00. The van der Waals surface area contributed by atoms with E-state index >= 15 is 0 Å². The Balaban J connectivity index is 2.07. The second kappa shape index (κ2) is 7.55. The van der Waals surface area contributed by atoms with E-state index in [1.165, 1.54) is 0 Å². The third-order valence-electron chi connectivity index (χ3n) is 4.38. The average Bonchev–Trinajstić information content (AvgIpc) is 2.91. The van der Waals surface area contributed by atoms with Crippen molar-refractivity contribution in [2.45, 2.75) is 19.0 Å². The third kappa shape index (κ3) is 3.86. The van der Waals surface area contributed by atoms with Crippen LogP contribution < -0.4 is 0 Å². The number of aliphatic carboxylic acids is 2. The lowest BCUT2D eigenvalue weighted by atomic mass is 10.0. The highest BCUT2D eigenvalue weighted by Crippen LogP contribution is 2.33. The first-order valence-corrected chi connectivity index (χ1v) is 8.81. The topological polar surface area (TPSA) is 92.0 Å². The minimum atomic E-state index is -0.917. The standard InChI is InChI=1S/C17H19BrN2O5/c18-11-1-2-14-12(9-11)13(10-20(14)4-3-15(21)22)16(17(23)24)19-5-7-25-8-6-19/h1-2,9-10,16H,3-8H2,(H,21,22)(H,23,24)/t16-/m1/s1. The Labute approximate surface area is 152 Å². The smallest absolute Gasteiger partial charge is 0.325 e. The number of carbonyl (C=O) groups is 2. The van der Waals surface area contributed by atoms with Crippen molar-refractivity contribution in [3.8, 4) is 0 Å². The number of benzene rings is 1. The van der Waals surface area contributed by atoms with Crippen LogP contribution in [0.15, 0.2) is 28.9 Å². The summed E-state index contributed by atoms with van der Waals surface area (Å²) in [6, 6.07) is 4.85. The first kappa shape index (κ1) is 17.9. The SMILES string of the molecule is O=C(O)CCn1cc([C@H](C(=O)O)N2CCOCC2)c2cc(Br)ccc21. The molecule has 2 heterocycles. The van der Waals surface area contributed by atoms with Crippen LogP contribution in [0.2, 0.25) is 0 Å². The average molecular weight is 411 g/mol. The second-order valence-electron chi connectivity index (χ2n) is 5.97. The highest BCUT2D eigenvalue weighted by atomic mass is 79.9. The Kier molecular flexibility index (Phi) is 5.41. The number of morpholine rings is 1. The summed E-state index contributed by atoms with van der Waals surface area (Å²) in [6.45, 7) is 2.40. The van der Waals surface area contributed by atoms with Gasteiger partial charge in [0.2, 0.25) is 0 Å². The van der Waals surface area contributed by atoms with Crippen LogP contribution in [-0.2, 0) is 20.9 Å². The van der Waals surface area contributed by atoms with Crippen LogP contribution in [0.5, 0.6) is 0 Å². The van der Waals surface area contributed by atoms with Crippen molar-refractivity contribution < 1.29 is 24.5 Å². The molecule has 0 saturated carbocycles. The molecule has 25 heavy (non-hydrogen) atoms. The lowest BCUT2D eigenvalue weighted by Gasteiger charge is -2.31. The van der Waals surface area contributed by atoms with Crippen molar-refractivity contribution in [1.29, 1.82) is 0 Å². The van der Waals surface area contributed by atoms with Gasteiger partial charge in [-0.3, -0.25) is 14.5 Å². The first-order valence-electron chi connectivity index (χ1n) is 8.02. The molecule has 0 aliphatic carbocycles. The number of aromatic nitrogens is 1. The number of hydrogen-bond acceptors (Lipinski definition) is 4. The second-order valence-corrected chi connectivity index (χ2v) is 6.89. The summed E-state index contributed by atoms with van der Waals surface area (Å²) in [6.07, 6.45) is 1.75. The largest absolute Gasteiger partial charge is 0.481 e. The van der Waals surface area contributed by atoms with Crippen molar-refractivity contribution in [3.05, 3.63) is 34.4 Å². The van der Waals surface area contributed by atoms with Crippen LogP contribution in [0.3, 0.4) is 0 Å². The summed E-state index contributed by atoms with van der Waals surface area (Å²) in [5.74, 6) is -1.80. The molecular weight excluding hydrogens is 392 g/mol. The first-order chi connectivity index (χ1) is 12.0. The molecule has 2 aromatic rings. The zero-order chi connectivity index (χ0) is 18.0. The number of aryl methyl sites for hydroxylation is 1. The molecule has 0 bridgehead atoms. The van der Waals surface area contributed by atoms with Crippen molar-refractivity contribution in [3.63, 3.8) is 0 Å². The molecule has 2 N–H and O–H groups in total. The van der Waals surface area contributed by atoms with E-state index in [0.29, 0.717) is 38.4 Å². The molecule has 1 aromatic carbocycles. The molecular formula is C17H19BrN2O5. The number of hydrogen-bond donors (Lipinski definition) is 2. The van der Waals surface area contributed by atoms with Gasteiger partial charge in [0.05, 0.1) is 19.6 Å². The summed E-state index contributed by atoms with van der Waals surface area (Å²) in [5.41, 5.74) is 1.51. The Hall–Kier alpha value is -1.90. The Morgan fingerprint density at radius 3 is 2.60 bits per heavy atom. The minimum absolute atomic E-state index is 0.0193. The van der Waals surface area contributed by atoms with Crippen LogP contribution in [-0.4, -0.2) is 57.9 Å². The summed E-state index contributed by atoms with van der Waals surface area (Å²) >= 11 is 3.44. The maximum atomic E-state index is 12.0. The summed E-state index contributed by atoms with van der Waals surface area (Å²) in [4.78, 5) is 24.8. The Morgan fingerprint density at radius 1 is 1.24 bits per heavy atom. The molecule has 7 nitrogen and oxygen atoms in total. The van der Waals surface area contributed by atoms with Crippen LogP contribution >= 0.6 is 15.9 Å². The molecule has 1 saturated heterocycles.